The van der Waals surface area contributed by atoms with Crippen LogP contribution in [0.25, 0.3) is 11.4 Å². The number of carboxylic acids is 1. The fourth-order valence-electron chi connectivity index (χ4n) is 1.67. The van der Waals surface area contributed by atoms with Gasteiger partial charge in [-0.1, -0.05) is 12.1 Å². The molecule has 110 valence electrons. The van der Waals surface area contributed by atoms with Crippen LogP contribution in [0.5, 0.6) is 0 Å². The fourth-order valence-corrected chi connectivity index (χ4v) is 1.67. The molecule has 0 amide bonds. The summed E-state index contributed by atoms with van der Waals surface area (Å²) in [4.78, 5) is 28.4. The third kappa shape index (κ3) is 3.47. The zero-order chi connectivity index (χ0) is 15.6. The molecule has 0 aliphatic carbocycles. The minimum atomic E-state index is -4.44. The second kappa shape index (κ2) is 5.39. The van der Waals surface area contributed by atoms with Crippen LogP contribution in [-0.2, 0) is 17.4 Å². The molecule has 2 aromatic rings. The molecule has 1 heterocycles. The summed E-state index contributed by atoms with van der Waals surface area (Å²) in [6.07, 6.45) is -3.82. The van der Waals surface area contributed by atoms with Gasteiger partial charge in [-0.05, 0) is 12.1 Å². The molecule has 1 aromatic heterocycles. The molecule has 0 unspecified atom stereocenters. The molecule has 8 heteroatoms. The highest BCUT2D eigenvalue weighted by Gasteiger charge is 2.30. The Hall–Kier alpha value is -2.64. The largest absolute Gasteiger partial charge is 0.481 e. The van der Waals surface area contributed by atoms with Gasteiger partial charge in [-0.25, -0.2) is 4.98 Å². The molecule has 2 N–H and O–H groups in total. The van der Waals surface area contributed by atoms with Crippen molar-refractivity contribution in [3.63, 3.8) is 0 Å². The van der Waals surface area contributed by atoms with Gasteiger partial charge in [0.15, 0.2) is 0 Å². The van der Waals surface area contributed by atoms with E-state index in [1.807, 2.05) is 0 Å². The molecule has 0 radical (unpaired) electrons. The molecule has 5 nitrogen and oxygen atoms in total. The van der Waals surface area contributed by atoms with Gasteiger partial charge >= 0.3 is 12.1 Å². The van der Waals surface area contributed by atoms with E-state index >= 15 is 0 Å². The summed E-state index contributed by atoms with van der Waals surface area (Å²) >= 11 is 0. The maximum atomic E-state index is 12.4. The number of benzene rings is 1. The Kier molecular flexibility index (Phi) is 3.79. The molecule has 0 fully saturated rings. The van der Waals surface area contributed by atoms with Crippen LogP contribution in [0, 0.1) is 0 Å². The molecule has 0 saturated heterocycles. The zero-order valence-electron chi connectivity index (χ0n) is 10.4. The Balaban J connectivity index is 2.33. The van der Waals surface area contributed by atoms with Crippen LogP contribution < -0.4 is 5.56 Å². The van der Waals surface area contributed by atoms with E-state index in [0.717, 1.165) is 18.3 Å². The zero-order valence-corrected chi connectivity index (χ0v) is 10.4. The second-order valence-corrected chi connectivity index (χ2v) is 4.23. The quantitative estimate of drug-likeness (QED) is 0.908. The van der Waals surface area contributed by atoms with E-state index in [4.69, 9.17) is 5.11 Å². The van der Waals surface area contributed by atoms with Gasteiger partial charge in [-0.15, -0.1) is 0 Å². The van der Waals surface area contributed by atoms with E-state index in [1.165, 1.54) is 12.1 Å². The number of nitrogens with one attached hydrogen (secondary N) is 1. The number of nitrogens with zero attached hydrogens (tertiary/aromatic N) is 1. The number of rotatable bonds is 3. The summed E-state index contributed by atoms with van der Waals surface area (Å²) in [5.74, 6) is -1.10. The number of alkyl halides is 3. The SMILES string of the molecule is O=C(O)Cc1cnc(-c2ccc(C(F)(F)F)cc2)[nH]c1=O. The Morgan fingerprint density at radius 2 is 1.86 bits per heavy atom. The van der Waals surface area contributed by atoms with E-state index in [9.17, 15) is 22.8 Å². The summed E-state index contributed by atoms with van der Waals surface area (Å²) in [7, 11) is 0. The molecule has 21 heavy (non-hydrogen) atoms. The van der Waals surface area contributed by atoms with Crippen LogP contribution in [0.3, 0.4) is 0 Å². The van der Waals surface area contributed by atoms with E-state index < -0.39 is 29.7 Å². The smallest absolute Gasteiger partial charge is 0.416 e. The van der Waals surface area contributed by atoms with E-state index in [2.05, 4.69) is 9.97 Å². The van der Waals surface area contributed by atoms with Gasteiger partial charge in [-0.3, -0.25) is 9.59 Å². The highest BCUT2D eigenvalue weighted by molar-refractivity contribution is 5.70. The van der Waals surface area contributed by atoms with Crippen LogP contribution in [0.1, 0.15) is 11.1 Å². The van der Waals surface area contributed by atoms with Crippen molar-refractivity contribution < 1.29 is 23.1 Å². The third-order valence-corrected chi connectivity index (χ3v) is 2.70. The van der Waals surface area contributed by atoms with Gasteiger partial charge in [0.05, 0.1) is 12.0 Å². The first kappa shape index (κ1) is 14.8. The number of carboxylic acid groups (broad SMARTS) is 1. The maximum absolute atomic E-state index is 12.4. The van der Waals surface area contributed by atoms with Crippen molar-refractivity contribution >= 4 is 5.97 Å². The molecule has 0 bridgehead atoms. The van der Waals surface area contributed by atoms with Gasteiger partial charge < -0.3 is 10.1 Å². The monoisotopic (exact) mass is 298 g/mol. The number of H-pyrrole nitrogens is 1. The first-order valence-electron chi connectivity index (χ1n) is 5.75. The number of carbonyl (C=O) groups is 1. The number of hydrogen-bond donors (Lipinski definition) is 2. The first-order chi connectivity index (χ1) is 9.77. The van der Waals surface area contributed by atoms with Crippen molar-refractivity contribution in [1.82, 2.24) is 9.97 Å². The number of halogens is 3. The molecule has 0 aliphatic rings. The summed E-state index contributed by atoms with van der Waals surface area (Å²) in [5, 5.41) is 8.60. The Morgan fingerprint density at radius 3 is 2.33 bits per heavy atom. The van der Waals surface area contributed by atoms with E-state index in [0.29, 0.717) is 5.56 Å². The Bertz CT molecular complexity index is 721. The van der Waals surface area contributed by atoms with Crippen molar-refractivity contribution in [3.05, 3.63) is 51.9 Å². The molecular weight excluding hydrogens is 289 g/mol. The molecule has 0 spiro atoms. The number of aromatic amines is 1. The molecule has 1 aromatic carbocycles. The van der Waals surface area contributed by atoms with Crippen molar-refractivity contribution in [2.75, 3.05) is 0 Å². The Morgan fingerprint density at radius 1 is 1.24 bits per heavy atom. The maximum Gasteiger partial charge on any atom is 0.416 e. The minimum absolute atomic E-state index is 0.0295. The normalized spacial score (nSPS) is 11.4. The van der Waals surface area contributed by atoms with E-state index in [-0.39, 0.29) is 11.4 Å². The van der Waals surface area contributed by atoms with Crippen LogP contribution in [0.4, 0.5) is 13.2 Å². The summed E-state index contributed by atoms with van der Waals surface area (Å²) in [6, 6.07) is 4.11. The molecule has 2 rings (SSSR count). The summed E-state index contributed by atoms with van der Waals surface area (Å²) in [6.45, 7) is 0. The van der Waals surface area contributed by atoms with Crippen LogP contribution in [0.15, 0.2) is 35.3 Å². The standard InChI is InChI=1S/C13H9F3N2O3/c14-13(15,16)9-3-1-7(2-4-9)11-17-6-8(5-10(19)20)12(21)18-11/h1-4,6H,5H2,(H,19,20)(H,17,18,21). The molecule has 0 saturated carbocycles. The van der Waals surface area contributed by atoms with E-state index in [1.54, 1.807) is 0 Å². The lowest BCUT2D eigenvalue weighted by Gasteiger charge is -2.07. The van der Waals surface area contributed by atoms with Crippen molar-refractivity contribution in [2.45, 2.75) is 12.6 Å². The first-order valence-corrected chi connectivity index (χ1v) is 5.75. The van der Waals surface area contributed by atoms with Crippen LogP contribution in [-0.4, -0.2) is 21.0 Å². The topological polar surface area (TPSA) is 83.0 Å². The van der Waals surface area contributed by atoms with Gasteiger partial charge in [0, 0.05) is 17.3 Å². The fraction of sp³-hybridized carbons (Fsp3) is 0.154. The Labute approximate surface area is 116 Å². The molecule has 0 atom stereocenters. The van der Waals surface area contributed by atoms with Crippen LogP contribution in [0.2, 0.25) is 0 Å². The average Bonchev–Trinajstić information content (AvgIpc) is 2.40. The van der Waals surface area contributed by atoms with Gasteiger partial charge in [0.2, 0.25) is 0 Å². The number of aliphatic carboxylic acids is 1. The number of hydrogen-bond acceptors (Lipinski definition) is 3. The lowest BCUT2D eigenvalue weighted by molar-refractivity contribution is -0.138. The minimum Gasteiger partial charge on any atom is -0.481 e. The summed E-state index contributed by atoms with van der Waals surface area (Å²) < 4.78 is 37.3. The van der Waals surface area contributed by atoms with Crippen molar-refractivity contribution in [3.8, 4) is 11.4 Å². The predicted octanol–water partition coefficient (Wildman–Crippen LogP) is 2.08. The molecule has 0 aliphatic heterocycles. The highest BCUT2D eigenvalue weighted by Crippen LogP contribution is 2.30. The highest BCUT2D eigenvalue weighted by atomic mass is 19.4. The van der Waals surface area contributed by atoms with Gasteiger partial charge in [0.1, 0.15) is 5.82 Å². The third-order valence-electron chi connectivity index (χ3n) is 2.70. The second-order valence-electron chi connectivity index (χ2n) is 4.23. The van der Waals surface area contributed by atoms with Gasteiger partial charge in [-0.2, -0.15) is 13.2 Å². The van der Waals surface area contributed by atoms with Crippen molar-refractivity contribution in [1.29, 1.82) is 0 Å². The molecular formula is C13H9F3N2O3. The number of aromatic nitrogens is 2. The van der Waals surface area contributed by atoms with Crippen molar-refractivity contribution in [2.24, 2.45) is 0 Å². The predicted molar refractivity (Wildman–Crippen MR) is 66.6 cm³/mol. The lowest BCUT2D eigenvalue weighted by Crippen LogP contribution is -2.17. The lowest BCUT2D eigenvalue weighted by atomic mass is 10.1. The summed E-state index contributed by atoms with van der Waals surface area (Å²) in [5.41, 5.74) is -1.18. The van der Waals surface area contributed by atoms with Gasteiger partial charge in [0.25, 0.3) is 5.56 Å². The average molecular weight is 298 g/mol. The van der Waals surface area contributed by atoms with Crippen LogP contribution >= 0.6 is 0 Å².